The molecule has 1 fully saturated rings. The number of carbonyl (C=O) groups is 2. The van der Waals surface area contributed by atoms with Gasteiger partial charge in [-0.25, -0.2) is 14.0 Å². The number of halogens is 1. The first-order valence-electron chi connectivity index (χ1n) is 9.64. The van der Waals surface area contributed by atoms with Gasteiger partial charge in [-0.05, 0) is 36.4 Å². The van der Waals surface area contributed by atoms with Crippen LogP contribution in [0.1, 0.15) is 12.5 Å². The molecule has 14 heteroatoms. The Hall–Kier alpha value is -4.30. The van der Waals surface area contributed by atoms with Gasteiger partial charge in [0, 0.05) is 30.3 Å². The SMILES string of the molecule is CC(=O)N1C(=O)/C(=C/c2cn(-c3ccc([N+](=O)[O-])cc3[N+](=O)[O-])nc2-c2ccc(F)cc2)SC1=S. The lowest BCUT2D eigenvalue weighted by Gasteiger charge is -2.07. The van der Waals surface area contributed by atoms with E-state index in [1.807, 2.05) is 0 Å². The summed E-state index contributed by atoms with van der Waals surface area (Å²) in [5.74, 6) is -1.68. The number of thiocarbonyl (C=S) groups is 1. The van der Waals surface area contributed by atoms with Gasteiger partial charge in [0.2, 0.25) is 5.91 Å². The molecule has 1 aromatic heterocycles. The van der Waals surface area contributed by atoms with Crippen LogP contribution in [0.5, 0.6) is 0 Å². The molecule has 0 atom stereocenters. The highest BCUT2D eigenvalue weighted by atomic mass is 32.2. The van der Waals surface area contributed by atoms with E-state index in [0.29, 0.717) is 11.1 Å². The molecule has 1 saturated heterocycles. The summed E-state index contributed by atoms with van der Waals surface area (Å²) in [6, 6.07) is 8.35. The molecule has 3 aromatic rings. The van der Waals surface area contributed by atoms with Crippen LogP contribution in [-0.2, 0) is 9.59 Å². The van der Waals surface area contributed by atoms with Crippen LogP contribution >= 0.6 is 24.0 Å². The minimum absolute atomic E-state index is 0.0514. The van der Waals surface area contributed by atoms with Gasteiger partial charge in [0.15, 0.2) is 4.32 Å². The summed E-state index contributed by atoms with van der Waals surface area (Å²) >= 11 is 6.00. The number of hydrogen-bond donors (Lipinski definition) is 0. The van der Waals surface area contributed by atoms with E-state index >= 15 is 0 Å². The fourth-order valence-corrected chi connectivity index (χ4v) is 4.63. The van der Waals surface area contributed by atoms with Crippen LogP contribution < -0.4 is 0 Å². The molecule has 176 valence electrons. The number of nitro benzene ring substituents is 2. The zero-order valence-electron chi connectivity index (χ0n) is 17.6. The van der Waals surface area contributed by atoms with Gasteiger partial charge in [-0.2, -0.15) is 5.10 Å². The van der Waals surface area contributed by atoms with E-state index in [2.05, 4.69) is 5.10 Å². The van der Waals surface area contributed by atoms with E-state index < -0.39 is 38.9 Å². The molecule has 0 spiro atoms. The largest absolute Gasteiger partial charge is 0.301 e. The van der Waals surface area contributed by atoms with Gasteiger partial charge < -0.3 is 0 Å². The normalized spacial score (nSPS) is 14.6. The molecular formula is C21H12FN5O6S2. The Labute approximate surface area is 205 Å². The Balaban J connectivity index is 1.89. The molecule has 0 unspecified atom stereocenters. The average Bonchev–Trinajstić information content (AvgIpc) is 3.34. The third-order valence-corrected chi connectivity index (χ3v) is 6.17. The van der Waals surface area contributed by atoms with Crippen LogP contribution in [0.2, 0.25) is 0 Å². The molecule has 0 radical (unpaired) electrons. The maximum atomic E-state index is 13.5. The smallest absolute Gasteiger partial charge is 0.274 e. The van der Waals surface area contributed by atoms with Crippen LogP contribution in [0.25, 0.3) is 23.0 Å². The second kappa shape index (κ2) is 9.15. The Morgan fingerprint density at radius 1 is 1.14 bits per heavy atom. The number of rotatable bonds is 5. The van der Waals surface area contributed by atoms with E-state index in [1.165, 1.54) is 49.5 Å². The number of carbonyl (C=O) groups excluding carboxylic acids is 2. The molecule has 2 heterocycles. The number of benzene rings is 2. The fourth-order valence-electron chi connectivity index (χ4n) is 3.29. The molecular weight excluding hydrogens is 501 g/mol. The van der Waals surface area contributed by atoms with Crippen LogP contribution in [-0.4, -0.2) is 40.7 Å². The lowest BCUT2D eigenvalue weighted by atomic mass is 10.1. The quantitative estimate of drug-likeness (QED) is 0.212. The molecule has 11 nitrogen and oxygen atoms in total. The molecule has 2 aromatic carbocycles. The predicted octanol–water partition coefficient (Wildman–Crippen LogP) is 4.24. The highest BCUT2D eigenvalue weighted by Crippen LogP contribution is 2.36. The predicted molar refractivity (Wildman–Crippen MR) is 128 cm³/mol. The van der Waals surface area contributed by atoms with Gasteiger partial charge in [0.05, 0.1) is 26.5 Å². The number of nitrogens with zero attached hydrogens (tertiary/aromatic N) is 5. The van der Waals surface area contributed by atoms with Crippen molar-refractivity contribution in [3.63, 3.8) is 0 Å². The van der Waals surface area contributed by atoms with Gasteiger partial charge in [-0.3, -0.25) is 29.8 Å². The first kappa shape index (κ1) is 23.8. The summed E-state index contributed by atoms with van der Waals surface area (Å²) in [7, 11) is 0. The second-order valence-electron chi connectivity index (χ2n) is 7.11. The Morgan fingerprint density at radius 2 is 1.83 bits per heavy atom. The van der Waals surface area contributed by atoms with E-state index in [-0.39, 0.29) is 20.6 Å². The third-order valence-electron chi connectivity index (χ3n) is 4.87. The molecule has 1 aliphatic heterocycles. The highest BCUT2D eigenvalue weighted by Gasteiger charge is 2.35. The van der Waals surface area contributed by atoms with Crippen molar-refractivity contribution < 1.29 is 23.8 Å². The summed E-state index contributed by atoms with van der Waals surface area (Å²) < 4.78 is 14.7. The lowest BCUT2D eigenvalue weighted by Crippen LogP contribution is -2.32. The molecule has 4 rings (SSSR count). The molecule has 35 heavy (non-hydrogen) atoms. The molecule has 0 N–H and O–H groups in total. The van der Waals surface area contributed by atoms with Crippen LogP contribution in [0.15, 0.2) is 53.6 Å². The molecule has 0 bridgehead atoms. The summed E-state index contributed by atoms with van der Waals surface area (Å²) in [5, 5.41) is 27.1. The van der Waals surface area contributed by atoms with Gasteiger partial charge >= 0.3 is 5.69 Å². The second-order valence-corrected chi connectivity index (χ2v) is 8.78. The van der Waals surface area contributed by atoms with Crippen molar-refractivity contribution in [1.82, 2.24) is 14.7 Å². The summed E-state index contributed by atoms with van der Waals surface area (Å²) in [5.41, 5.74) is -0.122. The van der Waals surface area contributed by atoms with Gasteiger partial charge in [0.25, 0.3) is 11.6 Å². The Kier molecular flexibility index (Phi) is 6.24. The molecule has 0 saturated carbocycles. The summed E-state index contributed by atoms with van der Waals surface area (Å²) in [4.78, 5) is 46.5. The average molecular weight is 513 g/mol. The van der Waals surface area contributed by atoms with Crippen molar-refractivity contribution in [2.24, 2.45) is 0 Å². The van der Waals surface area contributed by atoms with Crippen LogP contribution in [0.3, 0.4) is 0 Å². The fraction of sp³-hybridized carbons (Fsp3) is 0.0476. The van der Waals surface area contributed by atoms with Gasteiger partial charge in [-0.1, -0.05) is 24.0 Å². The maximum Gasteiger partial charge on any atom is 0.301 e. The number of thioether (sulfide) groups is 1. The van der Waals surface area contributed by atoms with Crippen molar-refractivity contribution in [3.05, 3.63) is 85.2 Å². The van der Waals surface area contributed by atoms with Crippen molar-refractivity contribution in [2.45, 2.75) is 6.92 Å². The van der Waals surface area contributed by atoms with Crippen molar-refractivity contribution in [1.29, 1.82) is 0 Å². The van der Waals surface area contributed by atoms with Crippen molar-refractivity contribution >= 4 is 57.6 Å². The number of imide groups is 1. The Morgan fingerprint density at radius 3 is 2.40 bits per heavy atom. The minimum Gasteiger partial charge on any atom is -0.274 e. The lowest BCUT2D eigenvalue weighted by molar-refractivity contribution is -0.394. The highest BCUT2D eigenvalue weighted by molar-refractivity contribution is 8.26. The summed E-state index contributed by atoms with van der Waals surface area (Å²) in [6.07, 6.45) is 2.80. The number of amides is 2. The minimum atomic E-state index is -0.779. The van der Waals surface area contributed by atoms with Crippen LogP contribution in [0.4, 0.5) is 15.8 Å². The number of aromatic nitrogens is 2. The standard InChI is InChI=1S/C21H12FN5O6S2/c1-11(28)25-20(29)18(35-21(25)34)8-13-10-24(23-19(13)12-2-4-14(22)5-3-12)16-7-6-15(26(30)31)9-17(16)27(32)33/h2-10H,1H3/b18-8-. The van der Waals surface area contributed by atoms with Crippen molar-refractivity contribution in [2.75, 3.05) is 0 Å². The Bertz CT molecular complexity index is 1470. The molecule has 1 aliphatic rings. The van der Waals surface area contributed by atoms with E-state index in [9.17, 15) is 34.2 Å². The molecule has 0 aliphatic carbocycles. The third kappa shape index (κ3) is 4.56. The monoisotopic (exact) mass is 513 g/mol. The van der Waals surface area contributed by atoms with E-state index in [0.717, 1.165) is 33.5 Å². The van der Waals surface area contributed by atoms with Gasteiger partial charge in [-0.15, -0.1) is 0 Å². The first-order chi connectivity index (χ1) is 16.6. The number of hydrogen-bond acceptors (Lipinski definition) is 9. The van der Waals surface area contributed by atoms with E-state index in [1.54, 1.807) is 0 Å². The zero-order chi connectivity index (χ0) is 25.4. The molecule has 2 amide bonds. The topological polar surface area (TPSA) is 141 Å². The van der Waals surface area contributed by atoms with Crippen LogP contribution in [0, 0.1) is 26.0 Å². The van der Waals surface area contributed by atoms with E-state index in [4.69, 9.17) is 12.2 Å². The zero-order valence-corrected chi connectivity index (χ0v) is 19.2. The van der Waals surface area contributed by atoms with Gasteiger partial charge in [0.1, 0.15) is 11.5 Å². The first-order valence-corrected chi connectivity index (χ1v) is 10.9. The number of nitro groups is 2. The number of non-ortho nitro benzene ring substituents is 1. The van der Waals surface area contributed by atoms with Crippen molar-refractivity contribution in [3.8, 4) is 16.9 Å². The maximum absolute atomic E-state index is 13.5. The summed E-state index contributed by atoms with van der Waals surface area (Å²) in [6.45, 7) is 1.20.